The summed E-state index contributed by atoms with van der Waals surface area (Å²) in [5, 5.41) is 11.9. The maximum absolute atomic E-state index is 13.9. The smallest absolute Gasteiger partial charge is 0.239 e. The van der Waals surface area contributed by atoms with Crippen molar-refractivity contribution in [1.82, 2.24) is 24.8 Å². The van der Waals surface area contributed by atoms with E-state index in [0.29, 0.717) is 33.7 Å². The lowest BCUT2D eigenvalue weighted by Gasteiger charge is -2.26. The molecule has 0 radical (unpaired) electrons. The number of benzene rings is 1. The van der Waals surface area contributed by atoms with Crippen LogP contribution in [0.3, 0.4) is 0 Å². The molecule has 35 heavy (non-hydrogen) atoms. The van der Waals surface area contributed by atoms with Crippen LogP contribution in [-0.2, 0) is 4.79 Å². The molecule has 1 aliphatic heterocycles. The Morgan fingerprint density at radius 3 is 2.71 bits per heavy atom. The summed E-state index contributed by atoms with van der Waals surface area (Å²) >= 11 is 1.40. The van der Waals surface area contributed by atoms with Crippen molar-refractivity contribution in [1.29, 1.82) is 0 Å². The zero-order valence-electron chi connectivity index (χ0n) is 21.1. The number of likely N-dealkylation sites (tertiary alicyclic amines) is 1. The van der Waals surface area contributed by atoms with E-state index in [4.69, 9.17) is 10.1 Å². The van der Waals surface area contributed by atoms with E-state index < -0.39 is 0 Å². The highest BCUT2D eigenvalue weighted by Gasteiger charge is 2.23. The van der Waals surface area contributed by atoms with Crippen molar-refractivity contribution in [2.75, 3.05) is 50.0 Å². The van der Waals surface area contributed by atoms with Gasteiger partial charge in [-0.15, -0.1) is 5.10 Å². The standard InChI is InChI=1S/C25H36FN7OS/c1-25(2,3)29-22-21(18-10-8-11-19(26)16-18)28-23-33(22)30-24(35-23)31(4)17-20(34)27-12-9-15-32-13-6-5-7-14-32/h8,10-11,16,29H,5-7,9,12-15,17H2,1-4H3,(H,27,34). The van der Waals surface area contributed by atoms with E-state index in [1.54, 1.807) is 10.6 Å². The SMILES string of the molecule is CN(CC(=O)NCCCN1CCCCC1)c1nn2c(NC(C)(C)C)c(-c3cccc(F)c3)nc2s1. The molecule has 3 aromatic rings. The third-order valence-corrected chi connectivity index (χ3v) is 6.94. The van der Waals surface area contributed by atoms with Crippen LogP contribution in [0.2, 0.25) is 0 Å². The minimum Gasteiger partial charge on any atom is -0.364 e. The largest absolute Gasteiger partial charge is 0.364 e. The molecule has 1 aliphatic rings. The minimum absolute atomic E-state index is 0.0209. The van der Waals surface area contributed by atoms with Crippen molar-refractivity contribution in [2.24, 2.45) is 0 Å². The quantitative estimate of drug-likeness (QED) is 0.427. The van der Waals surface area contributed by atoms with Crippen LogP contribution >= 0.6 is 11.3 Å². The van der Waals surface area contributed by atoms with E-state index >= 15 is 0 Å². The Hall–Kier alpha value is -2.72. The van der Waals surface area contributed by atoms with E-state index in [9.17, 15) is 9.18 Å². The number of fused-ring (bicyclic) bond motifs is 1. The number of piperidine rings is 1. The van der Waals surface area contributed by atoms with Crippen molar-refractivity contribution >= 4 is 33.2 Å². The number of halogens is 1. The van der Waals surface area contributed by atoms with Crippen LogP contribution in [0.4, 0.5) is 15.3 Å². The molecular formula is C25H36FN7OS. The van der Waals surface area contributed by atoms with Crippen molar-refractivity contribution in [3.63, 3.8) is 0 Å². The van der Waals surface area contributed by atoms with Crippen LogP contribution in [-0.4, -0.2) is 70.7 Å². The number of imidazole rings is 1. The van der Waals surface area contributed by atoms with Crippen LogP contribution in [0.25, 0.3) is 16.2 Å². The Morgan fingerprint density at radius 2 is 2.00 bits per heavy atom. The van der Waals surface area contributed by atoms with Crippen LogP contribution in [0.5, 0.6) is 0 Å². The number of rotatable bonds is 9. The highest BCUT2D eigenvalue weighted by atomic mass is 32.1. The Labute approximate surface area is 210 Å². The number of nitrogens with one attached hydrogen (secondary N) is 2. The van der Waals surface area contributed by atoms with Gasteiger partial charge in [-0.3, -0.25) is 4.79 Å². The summed E-state index contributed by atoms with van der Waals surface area (Å²) in [6, 6.07) is 6.41. The summed E-state index contributed by atoms with van der Waals surface area (Å²) in [6.45, 7) is 10.5. The van der Waals surface area contributed by atoms with Gasteiger partial charge >= 0.3 is 0 Å². The van der Waals surface area contributed by atoms with Gasteiger partial charge in [-0.05, 0) is 71.8 Å². The molecule has 0 atom stereocenters. The number of aromatic nitrogens is 3. The molecule has 0 spiro atoms. The van der Waals surface area contributed by atoms with E-state index in [-0.39, 0.29) is 23.8 Å². The van der Waals surface area contributed by atoms with E-state index in [2.05, 4.69) is 36.3 Å². The lowest BCUT2D eigenvalue weighted by molar-refractivity contribution is -0.119. The fourth-order valence-corrected chi connectivity index (χ4v) is 5.11. The molecule has 1 saturated heterocycles. The molecule has 8 nitrogen and oxygen atoms in total. The van der Waals surface area contributed by atoms with Gasteiger partial charge in [0.25, 0.3) is 0 Å². The first kappa shape index (κ1) is 25.4. The third kappa shape index (κ3) is 6.70. The molecule has 4 rings (SSSR count). The number of nitrogens with zero attached hydrogens (tertiary/aromatic N) is 5. The van der Waals surface area contributed by atoms with Crippen molar-refractivity contribution < 1.29 is 9.18 Å². The predicted octanol–water partition coefficient (Wildman–Crippen LogP) is 4.24. The van der Waals surface area contributed by atoms with Gasteiger partial charge in [-0.1, -0.05) is 29.9 Å². The number of hydrogen-bond donors (Lipinski definition) is 2. The molecule has 0 saturated carbocycles. The van der Waals surface area contributed by atoms with Gasteiger partial charge in [0.1, 0.15) is 11.5 Å². The van der Waals surface area contributed by atoms with E-state index in [0.717, 1.165) is 13.0 Å². The van der Waals surface area contributed by atoms with Gasteiger partial charge in [0, 0.05) is 24.7 Å². The minimum atomic E-state index is -0.309. The lowest BCUT2D eigenvalue weighted by Crippen LogP contribution is -2.37. The average Bonchev–Trinajstić information content (AvgIpc) is 3.36. The van der Waals surface area contributed by atoms with Gasteiger partial charge in [-0.2, -0.15) is 4.52 Å². The number of carbonyl (C=O) groups is 1. The third-order valence-electron chi connectivity index (χ3n) is 5.91. The molecule has 2 aromatic heterocycles. The van der Waals surface area contributed by atoms with Crippen molar-refractivity contribution in [2.45, 2.75) is 52.0 Å². The van der Waals surface area contributed by atoms with E-state index in [1.165, 1.54) is 55.8 Å². The fourth-order valence-electron chi connectivity index (χ4n) is 4.25. The highest BCUT2D eigenvalue weighted by molar-refractivity contribution is 7.20. The normalized spacial score (nSPS) is 14.9. The van der Waals surface area contributed by atoms with Crippen LogP contribution in [0, 0.1) is 5.82 Å². The molecule has 1 amide bonds. The Morgan fingerprint density at radius 1 is 1.23 bits per heavy atom. The summed E-state index contributed by atoms with van der Waals surface area (Å²) in [5.74, 6) is 0.375. The molecule has 2 N–H and O–H groups in total. The van der Waals surface area contributed by atoms with Gasteiger partial charge in [-0.25, -0.2) is 9.37 Å². The first-order valence-electron chi connectivity index (χ1n) is 12.3. The summed E-state index contributed by atoms with van der Waals surface area (Å²) in [4.78, 5) is 22.2. The average molecular weight is 502 g/mol. The van der Waals surface area contributed by atoms with Gasteiger partial charge in [0.05, 0.1) is 6.54 Å². The topological polar surface area (TPSA) is 77.8 Å². The maximum atomic E-state index is 13.9. The second-order valence-corrected chi connectivity index (χ2v) is 11.2. The zero-order valence-corrected chi connectivity index (χ0v) is 21.9. The molecule has 1 aromatic carbocycles. The lowest BCUT2D eigenvalue weighted by atomic mass is 10.1. The molecule has 190 valence electrons. The van der Waals surface area contributed by atoms with Crippen LogP contribution in [0.15, 0.2) is 24.3 Å². The molecular weight excluding hydrogens is 465 g/mol. The van der Waals surface area contributed by atoms with Crippen LogP contribution in [0.1, 0.15) is 46.5 Å². The number of amides is 1. The van der Waals surface area contributed by atoms with Crippen molar-refractivity contribution in [3.8, 4) is 11.3 Å². The molecule has 0 aliphatic carbocycles. The molecule has 10 heteroatoms. The molecule has 3 heterocycles. The van der Waals surface area contributed by atoms with Gasteiger partial charge in [0.15, 0.2) is 5.82 Å². The fraction of sp³-hybridized carbons (Fsp3) is 0.560. The number of anilines is 2. The monoisotopic (exact) mass is 501 g/mol. The van der Waals surface area contributed by atoms with Gasteiger partial charge in [0.2, 0.25) is 16.0 Å². The Kier molecular flexibility index (Phi) is 7.91. The summed E-state index contributed by atoms with van der Waals surface area (Å²) in [7, 11) is 1.86. The van der Waals surface area contributed by atoms with E-state index in [1.807, 2.05) is 18.0 Å². The number of hydrogen-bond acceptors (Lipinski definition) is 7. The first-order valence-corrected chi connectivity index (χ1v) is 13.2. The summed E-state index contributed by atoms with van der Waals surface area (Å²) in [6.07, 6.45) is 4.86. The molecule has 1 fully saturated rings. The second-order valence-electron chi connectivity index (χ2n) is 10.2. The second kappa shape index (κ2) is 10.9. The Balaban J connectivity index is 1.42. The van der Waals surface area contributed by atoms with Crippen molar-refractivity contribution in [3.05, 3.63) is 30.1 Å². The summed E-state index contributed by atoms with van der Waals surface area (Å²) < 4.78 is 15.6. The maximum Gasteiger partial charge on any atom is 0.239 e. The highest BCUT2D eigenvalue weighted by Crippen LogP contribution is 2.34. The zero-order chi connectivity index (χ0) is 25.0. The Bertz CT molecular complexity index is 1150. The van der Waals surface area contributed by atoms with Crippen LogP contribution < -0.4 is 15.5 Å². The first-order chi connectivity index (χ1) is 16.7. The number of carbonyl (C=O) groups excluding carboxylic acids is 1. The molecule has 0 bridgehead atoms. The summed E-state index contributed by atoms with van der Waals surface area (Å²) in [5.41, 5.74) is 1.09. The predicted molar refractivity (Wildman–Crippen MR) is 141 cm³/mol. The number of likely N-dealkylation sites (N-methyl/N-ethyl adjacent to an activating group) is 1. The van der Waals surface area contributed by atoms with Gasteiger partial charge < -0.3 is 20.4 Å². The molecule has 0 unspecified atom stereocenters.